The van der Waals surface area contributed by atoms with E-state index in [1.54, 1.807) is 7.11 Å². The molecule has 18 heavy (non-hydrogen) atoms. The minimum Gasteiger partial charge on any atom is -0.495 e. The molecule has 98 valence electrons. The van der Waals surface area contributed by atoms with Crippen LogP contribution in [0, 0.1) is 0 Å². The van der Waals surface area contributed by atoms with Gasteiger partial charge in [0.15, 0.2) is 0 Å². The average molecular weight is 267 g/mol. The predicted octanol–water partition coefficient (Wildman–Crippen LogP) is 2.35. The first-order valence-electron chi connectivity index (χ1n) is 6.00. The number of hydrogen-bond acceptors (Lipinski definition) is 6. The third kappa shape index (κ3) is 3.08. The number of methoxy groups -OCH3 is 1. The molecule has 2 rings (SSSR count). The number of ether oxygens (including phenoxy) is 1. The molecule has 2 aromatic heterocycles. The van der Waals surface area contributed by atoms with Gasteiger partial charge in [0.2, 0.25) is 5.89 Å². The van der Waals surface area contributed by atoms with Crippen LogP contribution in [0.1, 0.15) is 19.2 Å². The van der Waals surface area contributed by atoms with E-state index in [4.69, 9.17) is 9.15 Å². The van der Waals surface area contributed by atoms with Gasteiger partial charge in [0, 0.05) is 6.42 Å². The Balaban J connectivity index is 1.97. The van der Waals surface area contributed by atoms with E-state index in [0.717, 1.165) is 36.6 Å². The second-order valence-corrected chi connectivity index (χ2v) is 4.69. The number of thiophene rings is 1. The first kappa shape index (κ1) is 13.0. The Morgan fingerprint density at radius 1 is 1.44 bits per heavy atom. The van der Waals surface area contributed by atoms with Crippen LogP contribution in [0.3, 0.4) is 0 Å². The van der Waals surface area contributed by atoms with Crippen molar-refractivity contribution in [1.82, 2.24) is 15.5 Å². The van der Waals surface area contributed by atoms with Crippen molar-refractivity contribution >= 4 is 11.3 Å². The fourth-order valence-electron chi connectivity index (χ4n) is 1.60. The molecule has 0 amide bonds. The van der Waals surface area contributed by atoms with E-state index in [9.17, 15) is 0 Å². The monoisotopic (exact) mass is 267 g/mol. The highest BCUT2D eigenvalue weighted by atomic mass is 32.1. The quantitative estimate of drug-likeness (QED) is 0.780. The van der Waals surface area contributed by atoms with E-state index < -0.39 is 0 Å². The molecule has 6 heteroatoms. The molecular formula is C12H17N3O2S. The molecule has 0 spiro atoms. The van der Waals surface area contributed by atoms with Gasteiger partial charge in [-0.2, -0.15) is 0 Å². The fraction of sp³-hybridized carbons (Fsp3) is 0.500. The molecule has 0 saturated heterocycles. The minimum absolute atomic E-state index is 0.542. The first-order chi connectivity index (χ1) is 8.85. The van der Waals surface area contributed by atoms with E-state index in [1.165, 1.54) is 11.3 Å². The van der Waals surface area contributed by atoms with Gasteiger partial charge in [-0.05, 0) is 31.0 Å². The first-order valence-corrected chi connectivity index (χ1v) is 6.88. The highest BCUT2D eigenvalue weighted by Crippen LogP contribution is 2.34. The van der Waals surface area contributed by atoms with Gasteiger partial charge in [-0.25, -0.2) is 0 Å². The molecule has 0 atom stereocenters. The molecule has 2 heterocycles. The van der Waals surface area contributed by atoms with Crippen LogP contribution in [0.4, 0.5) is 0 Å². The maximum Gasteiger partial charge on any atom is 0.261 e. The van der Waals surface area contributed by atoms with Gasteiger partial charge in [0.05, 0.1) is 7.11 Å². The number of nitrogens with one attached hydrogen (secondary N) is 1. The molecule has 0 aliphatic heterocycles. The van der Waals surface area contributed by atoms with Gasteiger partial charge in [-0.3, -0.25) is 0 Å². The highest BCUT2D eigenvalue weighted by molar-refractivity contribution is 7.13. The van der Waals surface area contributed by atoms with E-state index in [0.29, 0.717) is 11.8 Å². The zero-order valence-electron chi connectivity index (χ0n) is 10.6. The lowest BCUT2D eigenvalue weighted by Gasteiger charge is -1.98. The Hall–Kier alpha value is -1.40. The van der Waals surface area contributed by atoms with Gasteiger partial charge in [0.1, 0.15) is 10.6 Å². The summed E-state index contributed by atoms with van der Waals surface area (Å²) in [5, 5.41) is 13.3. The average Bonchev–Trinajstić information content (AvgIpc) is 3.02. The molecule has 0 fully saturated rings. The SMILES string of the molecule is CCNCCCc1nnc(-c2sccc2OC)o1. The van der Waals surface area contributed by atoms with E-state index in [-0.39, 0.29) is 0 Å². The summed E-state index contributed by atoms with van der Waals surface area (Å²) in [6.45, 7) is 4.05. The number of aryl methyl sites for hydroxylation is 1. The van der Waals surface area contributed by atoms with Crippen LogP contribution in [0.15, 0.2) is 15.9 Å². The number of aromatic nitrogens is 2. The third-order valence-electron chi connectivity index (χ3n) is 2.50. The summed E-state index contributed by atoms with van der Waals surface area (Å²) in [6, 6.07) is 1.90. The molecule has 0 radical (unpaired) electrons. The molecule has 0 saturated carbocycles. The second kappa shape index (κ2) is 6.51. The lowest BCUT2D eigenvalue weighted by atomic mass is 10.3. The normalized spacial score (nSPS) is 10.8. The van der Waals surface area contributed by atoms with E-state index in [1.807, 2.05) is 11.4 Å². The van der Waals surface area contributed by atoms with Crippen molar-refractivity contribution in [2.75, 3.05) is 20.2 Å². The summed E-state index contributed by atoms with van der Waals surface area (Å²) in [7, 11) is 1.64. The third-order valence-corrected chi connectivity index (χ3v) is 3.39. The topological polar surface area (TPSA) is 60.2 Å². The Morgan fingerprint density at radius 3 is 3.11 bits per heavy atom. The van der Waals surface area contributed by atoms with Crippen LogP contribution in [-0.4, -0.2) is 30.4 Å². The van der Waals surface area contributed by atoms with Crippen LogP contribution in [0.5, 0.6) is 5.75 Å². The molecular weight excluding hydrogens is 250 g/mol. The largest absolute Gasteiger partial charge is 0.495 e. The highest BCUT2D eigenvalue weighted by Gasteiger charge is 2.14. The van der Waals surface area contributed by atoms with Crippen molar-refractivity contribution < 1.29 is 9.15 Å². The number of rotatable bonds is 7. The Morgan fingerprint density at radius 2 is 2.33 bits per heavy atom. The zero-order valence-corrected chi connectivity index (χ0v) is 11.4. The molecule has 0 aliphatic carbocycles. The zero-order chi connectivity index (χ0) is 12.8. The van der Waals surface area contributed by atoms with Crippen molar-refractivity contribution in [3.63, 3.8) is 0 Å². The molecule has 0 aliphatic rings. The van der Waals surface area contributed by atoms with Gasteiger partial charge < -0.3 is 14.5 Å². The smallest absolute Gasteiger partial charge is 0.261 e. The minimum atomic E-state index is 0.542. The van der Waals surface area contributed by atoms with Gasteiger partial charge in [-0.1, -0.05) is 6.92 Å². The summed E-state index contributed by atoms with van der Waals surface area (Å²) < 4.78 is 10.9. The summed E-state index contributed by atoms with van der Waals surface area (Å²) in [4.78, 5) is 0.892. The number of hydrogen-bond donors (Lipinski definition) is 1. The van der Waals surface area contributed by atoms with Gasteiger partial charge >= 0.3 is 0 Å². The summed E-state index contributed by atoms with van der Waals surface area (Å²) in [6.07, 6.45) is 1.80. The fourth-order valence-corrected chi connectivity index (χ4v) is 2.38. The lowest BCUT2D eigenvalue weighted by molar-refractivity contribution is 0.415. The second-order valence-electron chi connectivity index (χ2n) is 3.78. The van der Waals surface area contributed by atoms with Crippen molar-refractivity contribution in [3.05, 3.63) is 17.3 Å². The van der Waals surface area contributed by atoms with E-state index in [2.05, 4.69) is 22.4 Å². The van der Waals surface area contributed by atoms with Gasteiger partial charge in [-0.15, -0.1) is 21.5 Å². The standard InChI is InChI=1S/C12H17N3O2S/c1-3-13-7-4-5-10-14-15-12(17-10)11-9(16-2)6-8-18-11/h6,8,13H,3-5,7H2,1-2H3. The van der Waals surface area contributed by atoms with Crippen molar-refractivity contribution in [3.8, 4) is 16.5 Å². The van der Waals surface area contributed by atoms with Crippen LogP contribution >= 0.6 is 11.3 Å². The Kier molecular flexibility index (Phi) is 4.72. The van der Waals surface area contributed by atoms with Crippen LogP contribution < -0.4 is 10.1 Å². The van der Waals surface area contributed by atoms with Crippen LogP contribution in [0.2, 0.25) is 0 Å². The number of nitrogens with zero attached hydrogens (tertiary/aromatic N) is 2. The predicted molar refractivity (Wildman–Crippen MR) is 71.0 cm³/mol. The van der Waals surface area contributed by atoms with Crippen molar-refractivity contribution in [2.24, 2.45) is 0 Å². The molecule has 5 nitrogen and oxygen atoms in total. The summed E-state index contributed by atoms with van der Waals surface area (Å²) in [5.41, 5.74) is 0. The maximum absolute atomic E-state index is 5.63. The Bertz CT molecular complexity index is 481. The molecule has 0 unspecified atom stereocenters. The summed E-state index contributed by atoms with van der Waals surface area (Å²) >= 11 is 1.54. The Labute approximate surface area is 110 Å². The van der Waals surface area contributed by atoms with Crippen molar-refractivity contribution in [2.45, 2.75) is 19.8 Å². The molecule has 0 aromatic carbocycles. The van der Waals surface area contributed by atoms with E-state index >= 15 is 0 Å². The molecule has 0 bridgehead atoms. The van der Waals surface area contributed by atoms with Gasteiger partial charge in [0.25, 0.3) is 5.89 Å². The lowest BCUT2D eigenvalue weighted by Crippen LogP contribution is -2.14. The molecule has 2 aromatic rings. The van der Waals surface area contributed by atoms with Crippen LogP contribution in [-0.2, 0) is 6.42 Å². The maximum atomic E-state index is 5.63. The molecule has 1 N–H and O–H groups in total. The summed E-state index contributed by atoms with van der Waals surface area (Å²) in [5.74, 6) is 2.00. The van der Waals surface area contributed by atoms with Crippen molar-refractivity contribution in [1.29, 1.82) is 0 Å². The van der Waals surface area contributed by atoms with Crippen LogP contribution in [0.25, 0.3) is 10.8 Å².